The molecule has 1 aromatic carbocycles. The van der Waals surface area contributed by atoms with Crippen LogP contribution >= 0.6 is 0 Å². The monoisotopic (exact) mass is 189 g/mol. The van der Waals surface area contributed by atoms with E-state index in [1.165, 1.54) is 0 Å². The molecular formula is C11H11NO2. The highest BCUT2D eigenvalue weighted by Gasteiger charge is 2.02. The molecule has 0 saturated heterocycles. The molecular weight excluding hydrogens is 178 g/mol. The molecule has 0 bridgehead atoms. The van der Waals surface area contributed by atoms with Crippen LogP contribution in [-0.2, 0) is 0 Å². The molecule has 1 heterocycles. The second-order valence-electron chi connectivity index (χ2n) is 2.96. The highest BCUT2D eigenvalue weighted by atomic mass is 16.5. The fourth-order valence-corrected chi connectivity index (χ4v) is 1.27. The number of fused-ring (bicyclic) bond motifs is 1. The summed E-state index contributed by atoms with van der Waals surface area (Å²) in [5.74, 6) is 1.44. The van der Waals surface area contributed by atoms with Crippen LogP contribution < -0.4 is 4.74 Å². The van der Waals surface area contributed by atoms with E-state index in [0.29, 0.717) is 12.5 Å². The number of benzene rings is 1. The van der Waals surface area contributed by atoms with Crippen molar-refractivity contribution in [1.29, 1.82) is 0 Å². The van der Waals surface area contributed by atoms with Crippen LogP contribution in [0.3, 0.4) is 0 Å². The van der Waals surface area contributed by atoms with E-state index in [1.54, 1.807) is 6.08 Å². The normalized spacial score (nSPS) is 10.4. The summed E-state index contributed by atoms with van der Waals surface area (Å²) in [6.45, 7) is 5.90. The minimum atomic E-state index is 0.499. The molecule has 0 unspecified atom stereocenters. The van der Waals surface area contributed by atoms with E-state index in [1.807, 2.05) is 25.1 Å². The van der Waals surface area contributed by atoms with Crippen LogP contribution in [0.4, 0.5) is 0 Å². The molecule has 0 aliphatic heterocycles. The van der Waals surface area contributed by atoms with Crippen LogP contribution in [0.15, 0.2) is 35.3 Å². The molecule has 0 radical (unpaired) electrons. The summed E-state index contributed by atoms with van der Waals surface area (Å²) >= 11 is 0. The minimum Gasteiger partial charge on any atom is -0.489 e. The maximum absolute atomic E-state index is 5.37. The van der Waals surface area contributed by atoms with Crippen LogP contribution in [0, 0.1) is 6.92 Å². The second-order valence-corrected chi connectivity index (χ2v) is 2.96. The smallest absolute Gasteiger partial charge is 0.192 e. The van der Waals surface area contributed by atoms with Crippen LogP contribution in [0.2, 0.25) is 0 Å². The van der Waals surface area contributed by atoms with E-state index in [4.69, 9.17) is 9.15 Å². The van der Waals surface area contributed by atoms with Crippen molar-refractivity contribution in [3.05, 3.63) is 36.7 Å². The van der Waals surface area contributed by atoms with Crippen molar-refractivity contribution in [3.63, 3.8) is 0 Å². The van der Waals surface area contributed by atoms with Crippen molar-refractivity contribution < 1.29 is 9.15 Å². The van der Waals surface area contributed by atoms with Gasteiger partial charge in [0.1, 0.15) is 17.9 Å². The number of aromatic nitrogens is 1. The van der Waals surface area contributed by atoms with Gasteiger partial charge in [-0.05, 0) is 12.1 Å². The first-order valence-electron chi connectivity index (χ1n) is 4.40. The van der Waals surface area contributed by atoms with Gasteiger partial charge >= 0.3 is 0 Å². The summed E-state index contributed by atoms with van der Waals surface area (Å²) in [5, 5.41) is 0. The van der Waals surface area contributed by atoms with Gasteiger partial charge in [0.15, 0.2) is 11.5 Å². The SMILES string of the molecule is C=CCOc1ccc2nc(C)oc2c1. The zero-order chi connectivity index (χ0) is 9.97. The lowest BCUT2D eigenvalue weighted by molar-refractivity contribution is 0.363. The predicted octanol–water partition coefficient (Wildman–Crippen LogP) is 2.70. The lowest BCUT2D eigenvalue weighted by atomic mass is 10.3. The molecule has 72 valence electrons. The van der Waals surface area contributed by atoms with Gasteiger partial charge in [0.05, 0.1) is 0 Å². The topological polar surface area (TPSA) is 35.3 Å². The fraction of sp³-hybridized carbons (Fsp3) is 0.182. The Labute approximate surface area is 82.0 Å². The van der Waals surface area contributed by atoms with Crippen LogP contribution in [0.5, 0.6) is 5.75 Å². The molecule has 14 heavy (non-hydrogen) atoms. The number of ether oxygens (including phenoxy) is 1. The van der Waals surface area contributed by atoms with E-state index in [-0.39, 0.29) is 0 Å². The lowest BCUT2D eigenvalue weighted by Crippen LogP contribution is -1.91. The van der Waals surface area contributed by atoms with Gasteiger partial charge in [-0.15, -0.1) is 0 Å². The second kappa shape index (κ2) is 3.54. The van der Waals surface area contributed by atoms with Crippen molar-refractivity contribution in [3.8, 4) is 5.75 Å². The Morgan fingerprint density at radius 3 is 3.21 bits per heavy atom. The summed E-state index contributed by atoms with van der Waals surface area (Å²) in [4.78, 5) is 4.19. The van der Waals surface area contributed by atoms with Crippen LogP contribution in [-0.4, -0.2) is 11.6 Å². The Morgan fingerprint density at radius 2 is 2.43 bits per heavy atom. The average Bonchev–Trinajstić information content (AvgIpc) is 2.54. The molecule has 0 aliphatic carbocycles. The highest BCUT2D eigenvalue weighted by Crippen LogP contribution is 2.21. The molecule has 2 aromatic rings. The first-order valence-corrected chi connectivity index (χ1v) is 4.40. The molecule has 0 amide bonds. The van der Waals surface area contributed by atoms with E-state index in [2.05, 4.69) is 11.6 Å². The molecule has 0 N–H and O–H groups in total. The van der Waals surface area contributed by atoms with Gasteiger partial charge in [-0.3, -0.25) is 0 Å². The van der Waals surface area contributed by atoms with Crippen molar-refractivity contribution in [1.82, 2.24) is 4.98 Å². The van der Waals surface area contributed by atoms with Gasteiger partial charge in [-0.25, -0.2) is 4.98 Å². The van der Waals surface area contributed by atoms with E-state index in [0.717, 1.165) is 16.8 Å². The maximum atomic E-state index is 5.37. The van der Waals surface area contributed by atoms with Gasteiger partial charge in [0.2, 0.25) is 0 Å². The third kappa shape index (κ3) is 1.62. The maximum Gasteiger partial charge on any atom is 0.192 e. The van der Waals surface area contributed by atoms with Crippen molar-refractivity contribution in [2.45, 2.75) is 6.92 Å². The number of hydrogen-bond donors (Lipinski definition) is 0. The molecule has 3 nitrogen and oxygen atoms in total. The number of hydrogen-bond acceptors (Lipinski definition) is 3. The number of oxazole rings is 1. The third-order valence-corrected chi connectivity index (χ3v) is 1.83. The molecule has 2 rings (SSSR count). The van der Waals surface area contributed by atoms with E-state index in [9.17, 15) is 0 Å². The van der Waals surface area contributed by atoms with Crippen LogP contribution in [0.25, 0.3) is 11.1 Å². The summed E-state index contributed by atoms with van der Waals surface area (Å²) in [6, 6.07) is 5.58. The summed E-state index contributed by atoms with van der Waals surface area (Å²) < 4.78 is 10.7. The molecule has 0 spiro atoms. The van der Waals surface area contributed by atoms with Crippen LogP contribution in [0.1, 0.15) is 5.89 Å². The lowest BCUT2D eigenvalue weighted by Gasteiger charge is -2.00. The van der Waals surface area contributed by atoms with E-state index >= 15 is 0 Å². The van der Waals surface area contributed by atoms with Gasteiger partial charge in [0.25, 0.3) is 0 Å². The van der Waals surface area contributed by atoms with Gasteiger partial charge in [-0.1, -0.05) is 12.7 Å². The summed E-state index contributed by atoms with van der Waals surface area (Å²) in [7, 11) is 0. The van der Waals surface area contributed by atoms with E-state index < -0.39 is 0 Å². The number of nitrogens with zero attached hydrogens (tertiary/aromatic N) is 1. The molecule has 0 aliphatic rings. The van der Waals surface area contributed by atoms with Crippen molar-refractivity contribution >= 4 is 11.1 Å². The predicted molar refractivity (Wildman–Crippen MR) is 54.4 cm³/mol. The third-order valence-electron chi connectivity index (χ3n) is 1.83. The Balaban J connectivity index is 2.35. The molecule has 0 saturated carbocycles. The molecule has 0 fully saturated rings. The van der Waals surface area contributed by atoms with Gasteiger partial charge in [0, 0.05) is 13.0 Å². The van der Waals surface area contributed by atoms with Gasteiger partial charge < -0.3 is 9.15 Å². The minimum absolute atomic E-state index is 0.499. The summed E-state index contributed by atoms with van der Waals surface area (Å²) in [6.07, 6.45) is 1.70. The highest BCUT2D eigenvalue weighted by molar-refractivity contribution is 5.74. The van der Waals surface area contributed by atoms with Crippen molar-refractivity contribution in [2.24, 2.45) is 0 Å². The summed E-state index contributed by atoms with van der Waals surface area (Å²) in [5.41, 5.74) is 1.61. The zero-order valence-corrected chi connectivity index (χ0v) is 7.99. The number of rotatable bonds is 3. The quantitative estimate of drug-likeness (QED) is 0.696. The Hall–Kier alpha value is -1.77. The Morgan fingerprint density at radius 1 is 1.57 bits per heavy atom. The Kier molecular flexibility index (Phi) is 2.23. The standard InChI is InChI=1S/C11H11NO2/c1-3-6-13-9-4-5-10-11(7-9)14-8(2)12-10/h3-5,7H,1,6H2,2H3. The first-order chi connectivity index (χ1) is 6.79. The Bertz CT molecular complexity index is 459. The van der Waals surface area contributed by atoms with Crippen molar-refractivity contribution in [2.75, 3.05) is 6.61 Å². The molecule has 0 atom stereocenters. The fourth-order valence-electron chi connectivity index (χ4n) is 1.27. The largest absolute Gasteiger partial charge is 0.489 e. The molecule has 3 heteroatoms. The molecule has 1 aromatic heterocycles. The van der Waals surface area contributed by atoms with Gasteiger partial charge in [-0.2, -0.15) is 0 Å². The zero-order valence-electron chi connectivity index (χ0n) is 7.99. The average molecular weight is 189 g/mol. The first kappa shape index (κ1) is 8.81. The number of aryl methyl sites for hydroxylation is 1.